The molecule has 1 aliphatic heterocycles. The minimum Gasteiger partial charge on any atom is -0.508 e. The average Bonchev–Trinajstić information content (AvgIpc) is 2.93. The topological polar surface area (TPSA) is 51.2 Å². The number of hydrogen-bond donors (Lipinski definition) is 1. The summed E-state index contributed by atoms with van der Waals surface area (Å²) in [5, 5.41) is 10.1. The highest BCUT2D eigenvalue weighted by Gasteiger charge is 2.34. The lowest BCUT2D eigenvalue weighted by Gasteiger charge is -2.37. The second-order valence-corrected chi connectivity index (χ2v) is 10.0. The van der Waals surface area contributed by atoms with Crippen LogP contribution in [0, 0.1) is 5.92 Å². The van der Waals surface area contributed by atoms with Gasteiger partial charge in [-0.05, 0) is 66.5 Å². The maximum Gasteiger partial charge on any atom is 0.159 e. The number of nitrogens with zero attached hydrogens (tertiary/aromatic N) is 1. The molecule has 36 heavy (non-hydrogen) atoms. The smallest absolute Gasteiger partial charge is 0.159 e. The Hall–Kier alpha value is -3.02. The van der Waals surface area contributed by atoms with Crippen molar-refractivity contribution in [1.82, 2.24) is 0 Å². The molecule has 3 aromatic rings. The molecule has 0 radical (unpaired) electrons. The van der Waals surface area contributed by atoms with Crippen molar-refractivity contribution in [3.8, 4) is 11.5 Å². The number of phenolic OH excluding ortho intramolecular Hbond substituents is 1. The van der Waals surface area contributed by atoms with Crippen LogP contribution in [0.4, 0.5) is 5.69 Å². The molecule has 1 aliphatic carbocycles. The summed E-state index contributed by atoms with van der Waals surface area (Å²) in [6.07, 6.45) is 3.92. The summed E-state index contributed by atoms with van der Waals surface area (Å²) >= 11 is 0. The summed E-state index contributed by atoms with van der Waals surface area (Å²) in [5.41, 5.74) is 6.25. The highest BCUT2D eigenvalue weighted by molar-refractivity contribution is 5.58. The summed E-state index contributed by atoms with van der Waals surface area (Å²) < 4.78 is 17.0. The van der Waals surface area contributed by atoms with Crippen molar-refractivity contribution in [1.29, 1.82) is 0 Å². The number of phenols is 1. The standard InChI is InChI=1S/C31H37NO4/c1-34-29-20-24(32-17-15-22(16-18-32)31(35-2)36-3)10-13-28(29)30-26(21-7-5-4-6-8-21)12-9-23-19-25(33)11-14-27(23)30/h4-8,10-11,13-14,19-20,22,26,30-31,33H,9,12,15-18H2,1-3H3/t26-,30+/m0/s1. The molecule has 3 aromatic carbocycles. The summed E-state index contributed by atoms with van der Waals surface area (Å²) in [5.74, 6) is 2.18. The third-order valence-electron chi connectivity index (χ3n) is 8.12. The lowest BCUT2D eigenvalue weighted by atomic mass is 9.69. The van der Waals surface area contributed by atoms with E-state index in [9.17, 15) is 5.11 Å². The van der Waals surface area contributed by atoms with Crippen LogP contribution in [0.5, 0.6) is 11.5 Å². The number of fused-ring (bicyclic) bond motifs is 1. The number of benzene rings is 3. The van der Waals surface area contributed by atoms with Gasteiger partial charge < -0.3 is 24.2 Å². The van der Waals surface area contributed by atoms with Gasteiger partial charge in [0.25, 0.3) is 0 Å². The summed E-state index contributed by atoms with van der Waals surface area (Å²) in [7, 11) is 5.21. The fourth-order valence-corrected chi connectivity index (χ4v) is 6.31. The molecular formula is C31H37NO4. The molecule has 5 heteroatoms. The Morgan fingerprint density at radius 1 is 0.833 bits per heavy atom. The molecule has 1 fully saturated rings. The molecule has 1 saturated heterocycles. The normalized spacial score (nSPS) is 20.4. The Labute approximate surface area is 214 Å². The SMILES string of the molecule is COc1cc(N2CCC(C(OC)OC)CC2)ccc1[C@H]1c2ccc(O)cc2CC[C@H]1c1ccccc1. The van der Waals surface area contributed by atoms with E-state index in [4.69, 9.17) is 14.2 Å². The van der Waals surface area contributed by atoms with Gasteiger partial charge in [0.15, 0.2) is 6.29 Å². The molecule has 1 heterocycles. The van der Waals surface area contributed by atoms with Gasteiger partial charge in [-0.25, -0.2) is 0 Å². The first-order valence-corrected chi connectivity index (χ1v) is 13.0. The van der Waals surface area contributed by atoms with Crippen LogP contribution < -0.4 is 9.64 Å². The second-order valence-electron chi connectivity index (χ2n) is 10.0. The van der Waals surface area contributed by atoms with E-state index in [0.29, 0.717) is 17.6 Å². The first kappa shape index (κ1) is 24.7. The van der Waals surface area contributed by atoms with Gasteiger partial charge in [-0.1, -0.05) is 42.5 Å². The molecule has 1 N–H and O–H groups in total. The van der Waals surface area contributed by atoms with E-state index < -0.39 is 0 Å². The predicted molar refractivity (Wildman–Crippen MR) is 143 cm³/mol. The van der Waals surface area contributed by atoms with Crippen molar-refractivity contribution in [2.24, 2.45) is 5.92 Å². The monoisotopic (exact) mass is 487 g/mol. The van der Waals surface area contributed by atoms with Crippen LogP contribution in [0.25, 0.3) is 0 Å². The maximum atomic E-state index is 10.1. The number of hydrogen-bond acceptors (Lipinski definition) is 5. The van der Waals surface area contributed by atoms with Gasteiger partial charge in [-0.15, -0.1) is 0 Å². The molecule has 0 spiro atoms. The van der Waals surface area contributed by atoms with Gasteiger partial charge in [0.2, 0.25) is 0 Å². The zero-order valence-corrected chi connectivity index (χ0v) is 21.5. The van der Waals surface area contributed by atoms with Crippen molar-refractivity contribution in [2.75, 3.05) is 39.3 Å². The number of methoxy groups -OCH3 is 3. The van der Waals surface area contributed by atoms with E-state index >= 15 is 0 Å². The number of anilines is 1. The molecule has 5 rings (SSSR count). The van der Waals surface area contributed by atoms with Crippen LogP contribution in [0.15, 0.2) is 66.7 Å². The van der Waals surface area contributed by atoms with E-state index in [1.807, 2.05) is 12.1 Å². The number of aryl methyl sites for hydroxylation is 1. The van der Waals surface area contributed by atoms with Crippen LogP contribution >= 0.6 is 0 Å². The minimum atomic E-state index is -0.134. The van der Waals surface area contributed by atoms with E-state index in [1.165, 1.54) is 27.9 Å². The Morgan fingerprint density at radius 2 is 1.56 bits per heavy atom. The third kappa shape index (κ3) is 4.82. The molecule has 0 saturated carbocycles. The molecule has 0 aromatic heterocycles. The second kappa shape index (κ2) is 10.9. The first-order valence-electron chi connectivity index (χ1n) is 13.0. The van der Waals surface area contributed by atoms with E-state index in [0.717, 1.165) is 44.5 Å². The Bertz CT molecular complexity index is 1150. The quantitative estimate of drug-likeness (QED) is 0.408. The van der Waals surface area contributed by atoms with Gasteiger partial charge in [0.05, 0.1) is 7.11 Å². The van der Waals surface area contributed by atoms with E-state index in [2.05, 4.69) is 59.5 Å². The van der Waals surface area contributed by atoms with Crippen LogP contribution in [0.1, 0.15) is 53.4 Å². The number of rotatable bonds is 7. The number of piperidine rings is 1. The lowest BCUT2D eigenvalue weighted by Crippen LogP contribution is -2.39. The minimum absolute atomic E-state index is 0.134. The molecule has 190 valence electrons. The lowest BCUT2D eigenvalue weighted by molar-refractivity contribution is -0.141. The number of aromatic hydroxyl groups is 1. The van der Waals surface area contributed by atoms with Gasteiger partial charge in [-0.3, -0.25) is 0 Å². The van der Waals surface area contributed by atoms with Crippen molar-refractivity contribution < 1.29 is 19.3 Å². The van der Waals surface area contributed by atoms with Gasteiger partial charge in [0, 0.05) is 56.5 Å². The zero-order chi connectivity index (χ0) is 25.1. The van der Waals surface area contributed by atoms with Crippen LogP contribution in [0.3, 0.4) is 0 Å². The summed E-state index contributed by atoms with van der Waals surface area (Å²) in [4.78, 5) is 2.44. The molecule has 0 bridgehead atoms. The van der Waals surface area contributed by atoms with Gasteiger partial charge in [-0.2, -0.15) is 0 Å². The van der Waals surface area contributed by atoms with E-state index in [1.54, 1.807) is 21.3 Å². The van der Waals surface area contributed by atoms with Crippen molar-refractivity contribution >= 4 is 5.69 Å². The van der Waals surface area contributed by atoms with Crippen molar-refractivity contribution in [3.63, 3.8) is 0 Å². The Morgan fingerprint density at radius 3 is 2.25 bits per heavy atom. The zero-order valence-electron chi connectivity index (χ0n) is 21.5. The maximum absolute atomic E-state index is 10.1. The van der Waals surface area contributed by atoms with Gasteiger partial charge >= 0.3 is 0 Å². The fraction of sp³-hybridized carbons (Fsp3) is 0.419. The van der Waals surface area contributed by atoms with Crippen LogP contribution in [-0.4, -0.2) is 45.8 Å². The van der Waals surface area contributed by atoms with Crippen molar-refractivity contribution in [3.05, 3.63) is 89.0 Å². The largest absolute Gasteiger partial charge is 0.508 e. The summed E-state index contributed by atoms with van der Waals surface area (Å²) in [6.45, 7) is 1.93. The first-order chi connectivity index (χ1) is 17.6. The predicted octanol–water partition coefficient (Wildman–Crippen LogP) is 6.10. The highest BCUT2D eigenvalue weighted by Crippen LogP contribution is 2.49. The Kier molecular flexibility index (Phi) is 7.49. The molecular weight excluding hydrogens is 450 g/mol. The molecule has 2 atom stereocenters. The average molecular weight is 488 g/mol. The molecule has 2 aliphatic rings. The molecule has 0 unspecified atom stereocenters. The van der Waals surface area contributed by atoms with Crippen molar-refractivity contribution in [2.45, 2.75) is 43.8 Å². The van der Waals surface area contributed by atoms with E-state index in [-0.39, 0.29) is 12.2 Å². The third-order valence-corrected chi connectivity index (χ3v) is 8.12. The summed E-state index contributed by atoms with van der Waals surface area (Å²) in [6, 6.07) is 23.4. The number of ether oxygens (including phenoxy) is 3. The van der Waals surface area contributed by atoms with Crippen LogP contribution in [-0.2, 0) is 15.9 Å². The highest BCUT2D eigenvalue weighted by atomic mass is 16.7. The molecule has 0 amide bonds. The van der Waals surface area contributed by atoms with Gasteiger partial charge in [0.1, 0.15) is 11.5 Å². The fourth-order valence-electron chi connectivity index (χ4n) is 6.31. The Balaban J connectivity index is 1.47. The molecule has 5 nitrogen and oxygen atoms in total. The van der Waals surface area contributed by atoms with Crippen LogP contribution in [0.2, 0.25) is 0 Å².